The Bertz CT molecular complexity index is 169. The van der Waals surface area contributed by atoms with Gasteiger partial charge in [-0.3, -0.25) is 9.69 Å². The monoisotopic (exact) mass is 201 g/mol. The number of carboxylic acids is 1. The van der Waals surface area contributed by atoms with E-state index in [4.69, 9.17) is 5.11 Å². The Balaban J connectivity index is 3.81. The summed E-state index contributed by atoms with van der Waals surface area (Å²) in [4.78, 5) is 12.8. The van der Waals surface area contributed by atoms with Gasteiger partial charge in [-0.05, 0) is 38.8 Å². The molecule has 0 amide bonds. The summed E-state index contributed by atoms with van der Waals surface area (Å²) in [5.41, 5.74) is 0. The smallest absolute Gasteiger partial charge is 0.320 e. The van der Waals surface area contributed by atoms with Gasteiger partial charge in [-0.25, -0.2) is 0 Å². The van der Waals surface area contributed by atoms with Gasteiger partial charge in [0.1, 0.15) is 6.04 Å². The molecule has 3 heteroatoms. The van der Waals surface area contributed by atoms with Gasteiger partial charge in [0.25, 0.3) is 0 Å². The van der Waals surface area contributed by atoms with Crippen LogP contribution in [0.1, 0.15) is 40.0 Å². The number of likely N-dealkylation sites (N-methyl/N-ethyl adjacent to an activating group) is 1. The molecular weight excluding hydrogens is 178 g/mol. The van der Waals surface area contributed by atoms with E-state index in [2.05, 4.69) is 13.8 Å². The second-order valence-corrected chi connectivity index (χ2v) is 4.28. The molecule has 0 saturated carbocycles. The lowest BCUT2D eigenvalue weighted by molar-refractivity contribution is -0.142. The Labute approximate surface area is 87.1 Å². The third kappa shape index (κ3) is 5.22. The number of nitrogens with zero attached hydrogens (tertiary/aromatic N) is 1. The molecule has 0 aliphatic heterocycles. The molecular formula is C11H23NO2. The van der Waals surface area contributed by atoms with Crippen LogP contribution in [-0.2, 0) is 4.79 Å². The summed E-state index contributed by atoms with van der Waals surface area (Å²) in [6.45, 7) is 7.17. The molecule has 0 radical (unpaired) electrons. The maximum absolute atomic E-state index is 10.8. The molecule has 0 aliphatic carbocycles. The normalized spacial score (nSPS) is 13.6. The molecule has 0 rings (SSSR count). The lowest BCUT2D eigenvalue weighted by Gasteiger charge is -2.23. The summed E-state index contributed by atoms with van der Waals surface area (Å²) in [5, 5.41) is 8.91. The summed E-state index contributed by atoms with van der Waals surface area (Å²) >= 11 is 0. The van der Waals surface area contributed by atoms with Crippen LogP contribution in [0.4, 0.5) is 0 Å². The van der Waals surface area contributed by atoms with E-state index in [1.807, 2.05) is 18.9 Å². The van der Waals surface area contributed by atoms with Gasteiger partial charge in [0.2, 0.25) is 0 Å². The standard InChI is InChI=1S/C11H23NO2/c1-5-10(11(13)14)12(4)8-6-7-9(2)3/h9-10H,5-8H2,1-4H3,(H,13,14). The van der Waals surface area contributed by atoms with Crippen LogP contribution in [0.25, 0.3) is 0 Å². The highest BCUT2D eigenvalue weighted by atomic mass is 16.4. The van der Waals surface area contributed by atoms with Gasteiger partial charge in [0.05, 0.1) is 0 Å². The summed E-state index contributed by atoms with van der Waals surface area (Å²) in [6, 6.07) is -0.317. The van der Waals surface area contributed by atoms with Crippen LogP contribution in [0.2, 0.25) is 0 Å². The minimum atomic E-state index is -0.709. The van der Waals surface area contributed by atoms with Crippen molar-refractivity contribution in [1.29, 1.82) is 0 Å². The topological polar surface area (TPSA) is 40.5 Å². The quantitative estimate of drug-likeness (QED) is 0.686. The first-order valence-electron chi connectivity index (χ1n) is 5.42. The minimum Gasteiger partial charge on any atom is -0.480 e. The molecule has 1 unspecified atom stereocenters. The predicted octanol–water partition coefficient (Wildman–Crippen LogP) is 2.22. The first-order chi connectivity index (χ1) is 6.49. The van der Waals surface area contributed by atoms with E-state index in [1.54, 1.807) is 0 Å². The van der Waals surface area contributed by atoms with Crippen molar-refractivity contribution in [2.24, 2.45) is 5.92 Å². The van der Waals surface area contributed by atoms with Gasteiger partial charge in [0.15, 0.2) is 0 Å². The number of aliphatic carboxylic acids is 1. The van der Waals surface area contributed by atoms with Crippen molar-refractivity contribution in [2.45, 2.75) is 46.1 Å². The summed E-state index contributed by atoms with van der Waals surface area (Å²) in [5.74, 6) is -0.00662. The first-order valence-corrected chi connectivity index (χ1v) is 5.42. The maximum Gasteiger partial charge on any atom is 0.320 e. The molecule has 1 N–H and O–H groups in total. The van der Waals surface area contributed by atoms with Gasteiger partial charge in [0, 0.05) is 0 Å². The zero-order valence-corrected chi connectivity index (χ0v) is 9.79. The number of rotatable bonds is 7. The van der Waals surface area contributed by atoms with Gasteiger partial charge < -0.3 is 5.11 Å². The lowest BCUT2D eigenvalue weighted by Crippen LogP contribution is -2.38. The number of hydrogen-bond donors (Lipinski definition) is 1. The number of hydrogen-bond acceptors (Lipinski definition) is 2. The Kier molecular flexibility index (Phi) is 6.54. The van der Waals surface area contributed by atoms with Crippen LogP contribution in [0, 0.1) is 5.92 Å². The van der Waals surface area contributed by atoms with Crippen molar-refractivity contribution < 1.29 is 9.90 Å². The van der Waals surface area contributed by atoms with Crippen molar-refractivity contribution in [3.05, 3.63) is 0 Å². The first kappa shape index (κ1) is 13.4. The van der Waals surface area contributed by atoms with Crippen LogP contribution in [0.3, 0.4) is 0 Å². The number of carbonyl (C=O) groups is 1. The molecule has 0 aromatic heterocycles. The molecule has 0 aliphatic rings. The van der Waals surface area contributed by atoms with Crippen LogP contribution in [0.5, 0.6) is 0 Å². The van der Waals surface area contributed by atoms with Crippen molar-refractivity contribution in [2.75, 3.05) is 13.6 Å². The van der Waals surface area contributed by atoms with E-state index in [9.17, 15) is 4.79 Å². The van der Waals surface area contributed by atoms with E-state index in [1.165, 1.54) is 6.42 Å². The predicted molar refractivity (Wildman–Crippen MR) is 58.4 cm³/mol. The molecule has 14 heavy (non-hydrogen) atoms. The summed E-state index contributed by atoms with van der Waals surface area (Å²) in [6.07, 6.45) is 2.92. The van der Waals surface area contributed by atoms with Crippen LogP contribution >= 0.6 is 0 Å². The Hall–Kier alpha value is -0.570. The molecule has 0 heterocycles. The highest BCUT2D eigenvalue weighted by Crippen LogP contribution is 2.07. The lowest BCUT2D eigenvalue weighted by atomic mass is 10.1. The van der Waals surface area contributed by atoms with Crippen LogP contribution in [0.15, 0.2) is 0 Å². The van der Waals surface area contributed by atoms with Gasteiger partial charge in [-0.15, -0.1) is 0 Å². The zero-order chi connectivity index (χ0) is 11.1. The summed E-state index contributed by atoms with van der Waals surface area (Å²) in [7, 11) is 1.89. The zero-order valence-electron chi connectivity index (χ0n) is 9.79. The number of carboxylic acid groups (broad SMARTS) is 1. The van der Waals surface area contributed by atoms with E-state index in [-0.39, 0.29) is 6.04 Å². The minimum absolute atomic E-state index is 0.317. The third-order valence-corrected chi connectivity index (χ3v) is 2.50. The van der Waals surface area contributed by atoms with Crippen molar-refractivity contribution in [3.63, 3.8) is 0 Å². The Morgan fingerprint density at radius 3 is 2.36 bits per heavy atom. The third-order valence-electron chi connectivity index (χ3n) is 2.50. The Morgan fingerprint density at radius 2 is 2.00 bits per heavy atom. The molecule has 1 atom stereocenters. The average Bonchev–Trinajstić information content (AvgIpc) is 2.03. The van der Waals surface area contributed by atoms with E-state index in [0.29, 0.717) is 12.3 Å². The molecule has 0 saturated heterocycles. The van der Waals surface area contributed by atoms with Gasteiger partial charge >= 0.3 is 5.97 Å². The average molecular weight is 201 g/mol. The molecule has 84 valence electrons. The highest BCUT2D eigenvalue weighted by Gasteiger charge is 2.19. The van der Waals surface area contributed by atoms with Crippen LogP contribution < -0.4 is 0 Å². The molecule has 3 nitrogen and oxygen atoms in total. The highest BCUT2D eigenvalue weighted by molar-refractivity contribution is 5.73. The fourth-order valence-electron chi connectivity index (χ4n) is 1.58. The van der Waals surface area contributed by atoms with Gasteiger partial charge in [-0.2, -0.15) is 0 Å². The van der Waals surface area contributed by atoms with E-state index >= 15 is 0 Å². The molecule has 0 bridgehead atoms. The summed E-state index contributed by atoms with van der Waals surface area (Å²) < 4.78 is 0. The molecule has 0 spiro atoms. The Morgan fingerprint density at radius 1 is 1.43 bits per heavy atom. The second kappa shape index (κ2) is 6.82. The SMILES string of the molecule is CCC(C(=O)O)N(C)CCCC(C)C. The fraction of sp³-hybridized carbons (Fsp3) is 0.909. The second-order valence-electron chi connectivity index (χ2n) is 4.28. The van der Waals surface area contributed by atoms with Crippen molar-refractivity contribution in [1.82, 2.24) is 4.90 Å². The van der Waals surface area contributed by atoms with Crippen molar-refractivity contribution in [3.8, 4) is 0 Å². The van der Waals surface area contributed by atoms with Crippen LogP contribution in [-0.4, -0.2) is 35.6 Å². The molecule has 0 fully saturated rings. The van der Waals surface area contributed by atoms with E-state index < -0.39 is 5.97 Å². The molecule has 0 aromatic carbocycles. The largest absolute Gasteiger partial charge is 0.480 e. The van der Waals surface area contributed by atoms with Gasteiger partial charge in [-0.1, -0.05) is 20.8 Å². The fourth-order valence-corrected chi connectivity index (χ4v) is 1.58. The van der Waals surface area contributed by atoms with E-state index in [0.717, 1.165) is 13.0 Å². The molecule has 0 aromatic rings. The van der Waals surface area contributed by atoms with Crippen molar-refractivity contribution >= 4 is 5.97 Å². The maximum atomic E-state index is 10.8.